The molecule has 82 valence electrons. The number of nitrogens with zero attached hydrogens (tertiary/aromatic N) is 2. The maximum Gasteiger partial charge on any atom is 0.290 e. The Bertz CT molecular complexity index is 645. The van der Waals surface area contributed by atoms with Crippen molar-refractivity contribution < 1.29 is 10.1 Å². The fourth-order valence-corrected chi connectivity index (χ4v) is 1.65. The summed E-state index contributed by atoms with van der Waals surface area (Å²) in [6, 6.07) is 4.30. The highest BCUT2D eigenvalue weighted by Crippen LogP contribution is 2.26. The molecule has 1 aromatic carbocycles. The quantitative estimate of drug-likeness (QED) is 0.447. The van der Waals surface area contributed by atoms with Crippen molar-refractivity contribution in [3.63, 3.8) is 0 Å². The minimum Gasteiger partial charge on any atom is -0.425 e. The zero-order chi connectivity index (χ0) is 11.9. The minimum atomic E-state index is -0.666. The van der Waals surface area contributed by atoms with Gasteiger partial charge < -0.3 is 5.21 Å². The van der Waals surface area contributed by atoms with E-state index in [2.05, 4.69) is 0 Å². The molecule has 1 N–H and O–H groups in total. The van der Waals surface area contributed by atoms with Gasteiger partial charge in [0, 0.05) is 11.8 Å². The van der Waals surface area contributed by atoms with Crippen LogP contribution >= 0.6 is 0 Å². The van der Waals surface area contributed by atoms with Crippen LogP contribution in [0.5, 0.6) is 0 Å². The molecule has 0 aliphatic carbocycles. The Labute approximate surface area is 89.5 Å². The molecule has 0 fully saturated rings. The molecule has 1 aromatic heterocycles. The first kappa shape index (κ1) is 10.2. The van der Waals surface area contributed by atoms with Crippen molar-refractivity contribution >= 4 is 16.5 Å². The molecule has 16 heavy (non-hydrogen) atoms. The van der Waals surface area contributed by atoms with Crippen molar-refractivity contribution in [2.24, 2.45) is 0 Å². The molecule has 2 rings (SSSR count). The van der Waals surface area contributed by atoms with Crippen molar-refractivity contribution in [1.82, 2.24) is 4.73 Å². The highest BCUT2D eigenvalue weighted by molar-refractivity contribution is 5.91. The van der Waals surface area contributed by atoms with Gasteiger partial charge in [-0.1, -0.05) is 6.07 Å². The molecule has 2 aromatic rings. The number of fused-ring (bicyclic) bond motifs is 1. The molecule has 0 bridgehead atoms. The molecule has 0 aliphatic heterocycles. The van der Waals surface area contributed by atoms with Gasteiger partial charge in [-0.2, -0.15) is 4.73 Å². The molecule has 1 heterocycles. The maximum atomic E-state index is 11.5. The second-order valence-electron chi connectivity index (χ2n) is 3.41. The van der Waals surface area contributed by atoms with Crippen LogP contribution in [0.1, 0.15) is 5.56 Å². The Morgan fingerprint density at radius 2 is 2.00 bits per heavy atom. The fourth-order valence-electron chi connectivity index (χ4n) is 1.65. The molecular weight excluding hydrogens is 212 g/mol. The van der Waals surface area contributed by atoms with Gasteiger partial charge in [-0.25, -0.2) is 0 Å². The average Bonchev–Trinajstić information content (AvgIpc) is 2.22. The van der Waals surface area contributed by atoms with Crippen LogP contribution in [0.25, 0.3) is 10.8 Å². The van der Waals surface area contributed by atoms with Crippen molar-refractivity contribution in [3.8, 4) is 0 Å². The normalized spacial score (nSPS) is 10.6. The van der Waals surface area contributed by atoms with Gasteiger partial charge in [0.1, 0.15) is 0 Å². The standard InChI is InChI=1S/C10H8N2O4/c1-6-2-3-8-7(9(6)12(15)16)4-5-11(14)10(8)13/h2-5,14H,1H3. The smallest absolute Gasteiger partial charge is 0.290 e. The number of pyridine rings is 1. The maximum absolute atomic E-state index is 11.5. The minimum absolute atomic E-state index is 0.102. The molecule has 0 amide bonds. The predicted octanol–water partition coefficient (Wildman–Crippen LogP) is 1.46. The summed E-state index contributed by atoms with van der Waals surface area (Å²) in [5.74, 6) is 0. The summed E-state index contributed by atoms with van der Waals surface area (Å²) in [5.41, 5.74) is -0.289. The van der Waals surface area contributed by atoms with Gasteiger partial charge in [0.15, 0.2) is 0 Å². The first-order valence-electron chi connectivity index (χ1n) is 4.51. The number of aryl methyl sites for hydroxylation is 1. The summed E-state index contributed by atoms with van der Waals surface area (Å²) in [4.78, 5) is 21.8. The molecule has 0 saturated carbocycles. The second-order valence-corrected chi connectivity index (χ2v) is 3.41. The molecular formula is C10H8N2O4. The van der Waals surface area contributed by atoms with Crippen LogP contribution in [0.2, 0.25) is 0 Å². The van der Waals surface area contributed by atoms with E-state index in [0.29, 0.717) is 10.3 Å². The average molecular weight is 220 g/mol. The monoisotopic (exact) mass is 220 g/mol. The lowest BCUT2D eigenvalue weighted by molar-refractivity contribution is -0.383. The lowest BCUT2D eigenvalue weighted by Gasteiger charge is -2.03. The summed E-state index contributed by atoms with van der Waals surface area (Å²) < 4.78 is 0.404. The van der Waals surface area contributed by atoms with Gasteiger partial charge in [0.25, 0.3) is 11.2 Å². The van der Waals surface area contributed by atoms with Crippen LogP contribution in [-0.4, -0.2) is 14.9 Å². The summed E-state index contributed by atoms with van der Waals surface area (Å²) in [6.45, 7) is 1.60. The molecule has 6 heteroatoms. The van der Waals surface area contributed by atoms with Gasteiger partial charge in [0.2, 0.25) is 0 Å². The summed E-state index contributed by atoms with van der Waals surface area (Å²) >= 11 is 0. The first-order chi connectivity index (χ1) is 7.52. The molecule has 0 radical (unpaired) electrons. The van der Waals surface area contributed by atoms with Gasteiger partial charge >= 0.3 is 0 Å². The van der Waals surface area contributed by atoms with Crippen LogP contribution in [-0.2, 0) is 0 Å². The van der Waals surface area contributed by atoms with Crippen LogP contribution in [0, 0.1) is 17.0 Å². The number of benzene rings is 1. The zero-order valence-corrected chi connectivity index (χ0v) is 8.38. The summed E-state index contributed by atoms with van der Waals surface area (Å²) in [5, 5.41) is 20.4. The molecule has 0 atom stereocenters. The van der Waals surface area contributed by atoms with Gasteiger partial charge in [-0.15, -0.1) is 0 Å². The summed E-state index contributed by atoms with van der Waals surface area (Å²) in [6.07, 6.45) is 1.09. The van der Waals surface area contributed by atoms with E-state index in [1.165, 1.54) is 18.2 Å². The Kier molecular flexibility index (Phi) is 2.12. The summed E-state index contributed by atoms with van der Waals surface area (Å²) in [7, 11) is 0. The van der Waals surface area contributed by atoms with E-state index in [1.807, 2.05) is 0 Å². The number of hydrogen-bond donors (Lipinski definition) is 1. The first-order valence-corrected chi connectivity index (χ1v) is 4.51. The number of aromatic nitrogens is 1. The Morgan fingerprint density at radius 1 is 1.31 bits per heavy atom. The van der Waals surface area contributed by atoms with Crippen molar-refractivity contribution in [3.05, 3.63) is 50.4 Å². The number of nitro groups is 1. The third-order valence-corrected chi connectivity index (χ3v) is 2.42. The van der Waals surface area contributed by atoms with Crippen molar-refractivity contribution in [2.45, 2.75) is 6.92 Å². The van der Waals surface area contributed by atoms with E-state index in [0.717, 1.165) is 6.20 Å². The molecule has 6 nitrogen and oxygen atoms in total. The van der Waals surface area contributed by atoms with Crippen LogP contribution in [0.3, 0.4) is 0 Å². The largest absolute Gasteiger partial charge is 0.425 e. The van der Waals surface area contributed by atoms with Gasteiger partial charge in [-0.05, 0) is 19.1 Å². The Morgan fingerprint density at radius 3 is 2.62 bits per heavy atom. The number of rotatable bonds is 1. The van der Waals surface area contributed by atoms with E-state index >= 15 is 0 Å². The molecule has 0 saturated heterocycles. The predicted molar refractivity (Wildman–Crippen MR) is 56.8 cm³/mol. The number of hydrogen-bond acceptors (Lipinski definition) is 4. The Balaban J connectivity index is 3.01. The van der Waals surface area contributed by atoms with Crippen molar-refractivity contribution in [2.75, 3.05) is 0 Å². The molecule has 0 unspecified atom stereocenters. The van der Waals surface area contributed by atoms with E-state index in [4.69, 9.17) is 5.21 Å². The van der Waals surface area contributed by atoms with Crippen LogP contribution < -0.4 is 5.56 Å². The zero-order valence-electron chi connectivity index (χ0n) is 8.38. The van der Waals surface area contributed by atoms with Crippen LogP contribution in [0.4, 0.5) is 5.69 Å². The van der Waals surface area contributed by atoms with Crippen molar-refractivity contribution in [1.29, 1.82) is 0 Å². The lowest BCUT2D eigenvalue weighted by atomic mass is 10.1. The molecule has 0 aliphatic rings. The second kappa shape index (κ2) is 3.34. The lowest BCUT2D eigenvalue weighted by Crippen LogP contribution is -2.16. The van der Waals surface area contributed by atoms with Gasteiger partial charge in [0.05, 0.1) is 15.7 Å². The number of nitro benzene ring substituents is 1. The third-order valence-electron chi connectivity index (χ3n) is 2.42. The SMILES string of the molecule is Cc1ccc2c(=O)n(O)ccc2c1[N+](=O)[O-]. The third kappa shape index (κ3) is 1.31. The van der Waals surface area contributed by atoms with E-state index in [9.17, 15) is 14.9 Å². The topological polar surface area (TPSA) is 85.4 Å². The highest BCUT2D eigenvalue weighted by atomic mass is 16.6. The highest BCUT2D eigenvalue weighted by Gasteiger charge is 2.17. The van der Waals surface area contributed by atoms with E-state index in [-0.39, 0.29) is 16.5 Å². The van der Waals surface area contributed by atoms with E-state index in [1.54, 1.807) is 6.92 Å². The van der Waals surface area contributed by atoms with Crippen LogP contribution in [0.15, 0.2) is 29.2 Å². The Hall–Kier alpha value is -2.37. The van der Waals surface area contributed by atoms with Gasteiger partial charge in [-0.3, -0.25) is 14.9 Å². The molecule has 0 spiro atoms. The fraction of sp³-hybridized carbons (Fsp3) is 0.100. The van der Waals surface area contributed by atoms with E-state index < -0.39 is 10.5 Å².